The van der Waals surface area contributed by atoms with Crippen LogP contribution in [-0.2, 0) is 27.7 Å². The maximum Gasteiger partial charge on any atom is 0.258 e. The van der Waals surface area contributed by atoms with Gasteiger partial charge in [-0.15, -0.1) is 0 Å². The van der Waals surface area contributed by atoms with Gasteiger partial charge < -0.3 is 14.4 Å². The van der Waals surface area contributed by atoms with E-state index in [0.717, 1.165) is 17.4 Å². The molecule has 1 amide bonds. The maximum absolute atomic E-state index is 14.3. The van der Waals surface area contributed by atoms with Crippen molar-refractivity contribution < 1.29 is 27.1 Å². The summed E-state index contributed by atoms with van der Waals surface area (Å²) in [5.74, 6) is -0.409. The first kappa shape index (κ1) is 23.5. The minimum atomic E-state index is -3.52. The molecule has 1 saturated heterocycles. The minimum Gasteiger partial charge on any atom is -0.492 e. The van der Waals surface area contributed by atoms with E-state index >= 15 is 0 Å². The highest BCUT2D eigenvalue weighted by Gasteiger charge is 2.35. The number of nitrogens with zero attached hydrogens (tertiary/aromatic N) is 3. The van der Waals surface area contributed by atoms with Gasteiger partial charge in [0.1, 0.15) is 17.3 Å². The van der Waals surface area contributed by atoms with Crippen molar-refractivity contribution in [2.75, 3.05) is 26.1 Å². The molecule has 0 unspecified atom stereocenters. The average molecular weight is 500 g/mol. The zero-order valence-electron chi connectivity index (χ0n) is 19.7. The molecule has 2 aliphatic rings. The van der Waals surface area contributed by atoms with Crippen molar-refractivity contribution in [3.63, 3.8) is 0 Å². The first-order chi connectivity index (χ1) is 16.5. The van der Waals surface area contributed by atoms with Crippen molar-refractivity contribution in [2.24, 2.45) is 5.41 Å². The van der Waals surface area contributed by atoms with Crippen molar-refractivity contribution in [2.45, 2.75) is 31.8 Å². The zero-order valence-corrected chi connectivity index (χ0v) is 20.6. The molecule has 5 rings (SSSR count). The lowest BCUT2D eigenvalue weighted by molar-refractivity contribution is -0.120. The van der Waals surface area contributed by atoms with E-state index < -0.39 is 9.84 Å². The van der Waals surface area contributed by atoms with Gasteiger partial charge in [-0.1, -0.05) is 13.0 Å². The first-order valence-corrected chi connectivity index (χ1v) is 13.1. The van der Waals surface area contributed by atoms with E-state index in [9.17, 15) is 17.6 Å². The Hall–Kier alpha value is -3.24. The van der Waals surface area contributed by atoms with Gasteiger partial charge in [-0.3, -0.25) is 4.79 Å². The van der Waals surface area contributed by atoms with Crippen molar-refractivity contribution >= 4 is 15.7 Å². The Kier molecular flexibility index (Phi) is 5.68. The Morgan fingerprint density at radius 3 is 2.63 bits per heavy atom. The van der Waals surface area contributed by atoms with Crippen molar-refractivity contribution in [3.05, 3.63) is 70.8 Å². The van der Waals surface area contributed by atoms with E-state index in [2.05, 4.69) is 5.10 Å². The fourth-order valence-corrected chi connectivity index (χ4v) is 4.85. The number of benzene rings is 2. The summed E-state index contributed by atoms with van der Waals surface area (Å²) in [4.78, 5) is 15.1. The van der Waals surface area contributed by atoms with Crippen LogP contribution < -0.4 is 4.74 Å². The fourth-order valence-electron chi connectivity index (χ4n) is 4.21. The molecule has 10 heteroatoms. The number of ether oxygens (including phenoxy) is 2. The summed E-state index contributed by atoms with van der Waals surface area (Å²) in [6.45, 7) is 5.88. The molecule has 3 heterocycles. The molecule has 184 valence electrons. The monoisotopic (exact) mass is 499 g/mol. The van der Waals surface area contributed by atoms with E-state index in [1.807, 2.05) is 13.8 Å². The number of hydrogen-bond acceptors (Lipinski definition) is 6. The Bertz CT molecular complexity index is 1410. The molecule has 0 atom stereocenters. The van der Waals surface area contributed by atoms with Gasteiger partial charge in [0.05, 0.1) is 42.5 Å². The number of rotatable bonds is 6. The summed E-state index contributed by atoms with van der Waals surface area (Å²) in [6.07, 6.45) is 2.82. The van der Waals surface area contributed by atoms with Crippen LogP contribution in [0.2, 0.25) is 0 Å². The third kappa shape index (κ3) is 4.55. The highest BCUT2D eigenvalue weighted by molar-refractivity contribution is 7.90. The van der Waals surface area contributed by atoms with Gasteiger partial charge in [-0.2, -0.15) is 5.10 Å². The van der Waals surface area contributed by atoms with Gasteiger partial charge in [0, 0.05) is 30.0 Å². The Labute approximate surface area is 203 Å². The summed E-state index contributed by atoms with van der Waals surface area (Å²) >= 11 is 0. The number of aromatic nitrogens is 2. The fraction of sp³-hybridized carbons (Fsp3) is 0.360. The molecule has 0 saturated carbocycles. The van der Waals surface area contributed by atoms with Crippen LogP contribution in [0, 0.1) is 18.2 Å². The molecule has 0 spiro atoms. The summed E-state index contributed by atoms with van der Waals surface area (Å²) < 4.78 is 51.3. The normalized spacial score (nSPS) is 16.6. The molecule has 35 heavy (non-hydrogen) atoms. The van der Waals surface area contributed by atoms with Gasteiger partial charge in [0.2, 0.25) is 0 Å². The van der Waals surface area contributed by atoms with Crippen LogP contribution in [0.25, 0.3) is 5.69 Å². The summed E-state index contributed by atoms with van der Waals surface area (Å²) in [5.41, 5.74) is 2.77. The molecular weight excluding hydrogens is 473 g/mol. The van der Waals surface area contributed by atoms with Crippen LogP contribution in [0.5, 0.6) is 5.75 Å². The van der Waals surface area contributed by atoms with Gasteiger partial charge in [-0.25, -0.2) is 17.5 Å². The van der Waals surface area contributed by atoms with Crippen molar-refractivity contribution in [1.82, 2.24) is 14.7 Å². The number of halogens is 1. The first-order valence-electron chi connectivity index (χ1n) is 11.2. The predicted molar refractivity (Wildman–Crippen MR) is 126 cm³/mol. The predicted octanol–water partition coefficient (Wildman–Crippen LogP) is 3.29. The number of fused-ring (bicyclic) bond motifs is 1. The third-order valence-electron chi connectivity index (χ3n) is 6.30. The van der Waals surface area contributed by atoms with E-state index in [1.165, 1.54) is 28.9 Å². The lowest BCUT2D eigenvalue weighted by atomic mass is 9.90. The molecule has 3 aromatic rings. The molecule has 0 N–H and O–H groups in total. The van der Waals surface area contributed by atoms with Gasteiger partial charge >= 0.3 is 0 Å². The summed E-state index contributed by atoms with van der Waals surface area (Å²) in [7, 11) is -3.52. The second-order valence-electron chi connectivity index (χ2n) is 9.68. The summed E-state index contributed by atoms with van der Waals surface area (Å²) in [5, 5.41) is 4.50. The lowest BCUT2D eigenvalue weighted by Gasteiger charge is -2.37. The molecule has 0 radical (unpaired) electrons. The molecule has 0 aliphatic carbocycles. The van der Waals surface area contributed by atoms with Crippen LogP contribution in [0.1, 0.15) is 34.1 Å². The summed E-state index contributed by atoms with van der Waals surface area (Å²) in [6, 6.07) is 9.15. The van der Waals surface area contributed by atoms with E-state index in [-0.39, 0.29) is 40.7 Å². The van der Waals surface area contributed by atoms with Gasteiger partial charge in [-0.05, 0) is 42.8 Å². The van der Waals surface area contributed by atoms with Crippen LogP contribution in [0.15, 0.2) is 47.5 Å². The number of hydrogen-bond donors (Lipinski definition) is 0. The van der Waals surface area contributed by atoms with Crippen LogP contribution in [-0.4, -0.2) is 55.1 Å². The molecule has 1 fully saturated rings. The molecular formula is C25H26FN3O5S. The maximum atomic E-state index is 14.3. The Morgan fingerprint density at radius 1 is 1.20 bits per heavy atom. The standard InChI is InChI=1S/C25H26FN3O5S/c1-16-4-6-20(26)22(8-16)29-11-17-10-28(12-21(17)27-29)24(30)19-9-18(35(3,31)32)5-7-23(19)34-15-25(2)13-33-14-25/h4-9,11H,10,12-15H2,1-3H3. The van der Waals surface area contributed by atoms with E-state index in [1.54, 1.807) is 23.2 Å². The quantitative estimate of drug-likeness (QED) is 0.517. The second-order valence-corrected chi connectivity index (χ2v) is 11.7. The van der Waals surface area contributed by atoms with Crippen LogP contribution in [0.4, 0.5) is 4.39 Å². The van der Waals surface area contributed by atoms with E-state index in [4.69, 9.17) is 9.47 Å². The molecule has 2 aromatic carbocycles. The topological polar surface area (TPSA) is 90.7 Å². The average Bonchev–Trinajstić information content (AvgIpc) is 3.36. The highest BCUT2D eigenvalue weighted by Crippen LogP contribution is 2.32. The largest absolute Gasteiger partial charge is 0.492 e. The molecule has 8 nitrogen and oxygen atoms in total. The zero-order chi connectivity index (χ0) is 25.0. The van der Waals surface area contributed by atoms with Gasteiger partial charge in [0.25, 0.3) is 5.91 Å². The van der Waals surface area contributed by atoms with Crippen molar-refractivity contribution in [1.29, 1.82) is 0 Å². The second kappa shape index (κ2) is 8.46. The Balaban J connectivity index is 1.40. The highest BCUT2D eigenvalue weighted by atomic mass is 32.2. The van der Waals surface area contributed by atoms with Gasteiger partial charge in [0.15, 0.2) is 9.84 Å². The Morgan fingerprint density at radius 2 is 1.97 bits per heavy atom. The SMILES string of the molecule is Cc1ccc(F)c(-n2cc3c(n2)CN(C(=O)c2cc(S(C)(=O)=O)ccc2OCC2(C)COC2)C3)c1. The molecule has 1 aromatic heterocycles. The number of aryl methyl sites for hydroxylation is 1. The number of carbonyl (C=O) groups excluding carboxylic acids is 1. The number of amides is 1. The smallest absolute Gasteiger partial charge is 0.258 e. The number of sulfone groups is 1. The lowest BCUT2D eigenvalue weighted by Crippen LogP contribution is -2.44. The minimum absolute atomic E-state index is 0.0448. The van der Waals surface area contributed by atoms with Crippen LogP contribution in [0.3, 0.4) is 0 Å². The molecule has 0 bridgehead atoms. The van der Waals surface area contributed by atoms with E-state index in [0.29, 0.717) is 37.0 Å². The number of carbonyl (C=O) groups is 1. The molecule has 2 aliphatic heterocycles. The van der Waals surface area contributed by atoms with Crippen LogP contribution >= 0.6 is 0 Å². The third-order valence-corrected chi connectivity index (χ3v) is 7.41. The van der Waals surface area contributed by atoms with Crippen molar-refractivity contribution in [3.8, 4) is 11.4 Å².